The molecule has 0 amide bonds. The molecular formula is C19H30N2O6S. The maximum Gasteiger partial charge on any atom is 0.309 e. The highest BCUT2D eigenvalue weighted by Crippen LogP contribution is 2.20. The summed E-state index contributed by atoms with van der Waals surface area (Å²) in [7, 11) is -2.11. The van der Waals surface area contributed by atoms with Gasteiger partial charge in [-0.3, -0.25) is 9.69 Å². The van der Waals surface area contributed by atoms with E-state index < -0.39 is 10.0 Å². The molecule has 1 aromatic rings. The Morgan fingerprint density at radius 1 is 1.25 bits per heavy atom. The average molecular weight is 415 g/mol. The summed E-state index contributed by atoms with van der Waals surface area (Å²) in [6.45, 7) is 7.94. The Labute approximate surface area is 167 Å². The van der Waals surface area contributed by atoms with Gasteiger partial charge in [-0.05, 0) is 30.8 Å². The van der Waals surface area contributed by atoms with Gasteiger partial charge >= 0.3 is 5.97 Å². The first-order valence-electron chi connectivity index (χ1n) is 9.49. The summed E-state index contributed by atoms with van der Waals surface area (Å²) >= 11 is 0. The molecule has 1 aliphatic heterocycles. The van der Waals surface area contributed by atoms with Crippen LogP contribution in [0, 0.1) is 5.92 Å². The second-order valence-electron chi connectivity index (χ2n) is 6.65. The first kappa shape index (κ1) is 22.6. The van der Waals surface area contributed by atoms with Crippen LogP contribution in [0.5, 0.6) is 5.75 Å². The lowest BCUT2D eigenvalue weighted by Crippen LogP contribution is -2.40. The minimum Gasteiger partial charge on any atom is -0.492 e. The predicted octanol–water partition coefficient (Wildman–Crippen LogP) is 1.22. The average Bonchev–Trinajstić information content (AvgIpc) is 2.73. The van der Waals surface area contributed by atoms with E-state index in [0.29, 0.717) is 51.7 Å². The summed E-state index contributed by atoms with van der Waals surface area (Å²) in [5.41, 5.74) is 0. The van der Waals surface area contributed by atoms with Crippen LogP contribution in [0.2, 0.25) is 0 Å². The molecule has 0 radical (unpaired) electrons. The number of carbonyl (C=O) groups excluding carboxylic acids is 1. The molecule has 1 heterocycles. The van der Waals surface area contributed by atoms with Crippen LogP contribution >= 0.6 is 0 Å². The highest BCUT2D eigenvalue weighted by molar-refractivity contribution is 7.89. The van der Waals surface area contributed by atoms with Gasteiger partial charge in [0.2, 0.25) is 10.0 Å². The van der Waals surface area contributed by atoms with Gasteiger partial charge in [0, 0.05) is 26.2 Å². The summed E-state index contributed by atoms with van der Waals surface area (Å²) in [5, 5.41) is 0. The lowest BCUT2D eigenvalue weighted by atomic mass is 10.1. The Morgan fingerprint density at radius 2 is 1.89 bits per heavy atom. The van der Waals surface area contributed by atoms with Crippen LogP contribution in [0.4, 0.5) is 0 Å². The van der Waals surface area contributed by atoms with Crippen molar-refractivity contribution in [2.75, 3.05) is 59.7 Å². The monoisotopic (exact) mass is 414 g/mol. The van der Waals surface area contributed by atoms with Gasteiger partial charge in [0.05, 0.1) is 31.1 Å². The number of hydrogen-bond acceptors (Lipinski definition) is 7. The number of sulfonamides is 1. The van der Waals surface area contributed by atoms with E-state index in [4.69, 9.17) is 14.2 Å². The predicted molar refractivity (Wildman–Crippen MR) is 105 cm³/mol. The highest BCUT2D eigenvalue weighted by Gasteiger charge is 2.26. The third-order valence-electron chi connectivity index (χ3n) is 4.69. The molecule has 0 aromatic heterocycles. The summed E-state index contributed by atoms with van der Waals surface area (Å²) in [6, 6.07) is 6.47. The van der Waals surface area contributed by atoms with Crippen LogP contribution in [-0.4, -0.2) is 83.2 Å². The van der Waals surface area contributed by atoms with Gasteiger partial charge in [0.15, 0.2) is 0 Å². The highest BCUT2D eigenvalue weighted by atomic mass is 32.2. The van der Waals surface area contributed by atoms with Crippen LogP contribution in [0.1, 0.15) is 13.8 Å². The summed E-state index contributed by atoms with van der Waals surface area (Å²) in [6.07, 6.45) is 0. The van der Waals surface area contributed by atoms with Crippen LogP contribution in [0.15, 0.2) is 29.2 Å². The maximum atomic E-state index is 12.6. The molecule has 9 heteroatoms. The number of methoxy groups -OCH3 is 1. The van der Waals surface area contributed by atoms with Crippen LogP contribution in [0.25, 0.3) is 0 Å². The zero-order valence-electron chi connectivity index (χ0n) is 16.8. The standard InChI is InChI=1S/C19H30N2O6S/c1-4-20(15-16(2)19(22)25-3)9-14-27-17-5-7-18(8-6-17)28(23,24)21-10-12-26-13-11-21/h5-8,16H,4,9-15H2,1-3H3. The van der Waals surface area contributed by atoms with Gasteiger partial charge in [-0.2, -0.15) is 4.31 Å². The van der Waals surface area contributed by atoms with Crippen molar-refractivity contribution in [3.05, 3.63) is 24.3 Å². The molecular weight excluding hydrogens is 384 g/mol. The zero-order chi connectivity index (χ0) is 20.6. The van der Waals surface area contributed by atoms with Crippen molar-refractivity contribution < 1.29 is 27.4 Å². The quantitative estimate of drug-likeness (QED) is 0.532. The molecule has 1 fully saturated rings. The van der Waals surface area contributed by atoms with E-state index in [1.165, 1.54) is 11.4 Å². The Morgan fingerprint density at radius 3 is 2.46 bits per heavy atom. The molecule has 28 heavy (non-hydrogen) atoms. The van der Waals surface area contributed by atoms with Crippen molar-refractivity contribution >= 4 is 16.0 Å². The van der Waals surface area contributed by atoms with E-state index in [-0.39, 0.29) is 16.8 Å². The smallest absolute Gasteiger partial charge is 0.309 e. The molecule has 2 rings (SSSR count). The summed E-state index contributed by atoms with van der Waals surface area (Å²) in [5.74, 6) is 0.184. The van der Waals surface area contributed by atoms with E-state index in [1.807, 2.05) is 13.8 Å². The van der Waals surface area contributed by atoms with Crippen molar-refractivity contribution in [2.24, 2.45) is 5.92 Å². The Balaban J connectivity index is 1.86. The van der Waals surface area contributed by atoms with E-state index >= 15 is 0 Å². The van der Waals surface area contributed by atoms with Gasteiger partial charge in [0.25, 0.3) is 0 Å². The topological polar surface area (TPSA) is 85.4 Å². The minimum absolute atomic E-state index is 0.199. The van der Waals surface area contributed by atoms with Gasteiger partial charge in [0.1, 0.15) is 12.4 Å². The van der Waals surface area contributed by atoms with Crippen LogP contribution < -0.4 is 4.74 Å². The Hall–Kier alpha value is -1.68. The lowest BCUT2D eigenvalue weighted by Gasteiger charge is -2.26. The number of likely N-dealkylation sites (N-methyl/N-ethyl adjacent to an activating group) is 1. The molecule has 1 unspecified atom stereocenters. The van der Waals surface area contributed by atoms with Gasteiger partial charge in [-0.25, -0.2) is 8.42 Å². The number of hydrogen-bond donors (Lipinski definition) is 0. The molecule has 0 aliphatic carbocycles. The normalized spacial score (nSPS) is 16.7. The van der Waals surface area contributed by atoms with Gasteiger partial charge in [-0.15, -0.1) is 0 Å². The van der Waals surface area contributed by atoms with Gasteiger partial charge in [-0.1, -0.05) is 13.8 Å². The Bertz CT molecular complexity index is 716. The fraction of sp³-hybridized carbons (Fsp3) is 0.632. The van der Waals surface area contributed by atoms with Crippen molar-refractivity contribution in [2.45, 2.75) is 18.7 Å². The van der Waals surface area contributed by atoms with E-state index in [9.17, 15) is 13.2 Å². The fourth-order valence-electron chi connectivity index (χ4n) is 2.98. The molecule has 0 spiro atoms. The molecule has 1 atom stereocenters. The molecule has 0 saturated carbocycles. The van der Waals surface area contributed by atoms with E-state index in [0.717, 1.165) is 6.54 Å². The van der Waals surface area contributed by atoms with Crippen molar-refractivity contribution in [1.29, 1.82) is 0 Å². The molecule has 158 valence electrons. The first-order valence-corrected chi connectivity index (χ1v) is 10.9. The molecule has 1 aromatic carbocycles. The number of benzene rings is 1. The lowest BCUT2D eigenvalue weighted by molar-refractivity contribution is -0.145. The first-order chi connectivity index (χ1) is 13.4. The molecule has 0 bridgehead atoms. The van der Waals surface area contributed by atoms with Crippen molar-refractivity contribution in [1.82, 2.24) is 9.21 Å². The third-order valence-corrected chi connectivity index (χ3v) is 6.60. The SMILES string of the molecule is CCN(CCOc1ccc(S(=O)(=O)N2CCOCC2)cc1)CC(C)C(=O)OC. The van der Waals surface area contributed by atoms with Crippen molar-refractivity contribution in [3.8, 4) is 5.75 Å². The van der Waals surface area contributed by atoms with Crippen LogP contribution in [0.3, 0.4) is 0 Å². The fourth-order valence-corrected chi connectivity index (χ4v) is 4.39. The molecule has 8 nitrogen and oxygen atoms in total. The summed E-state index contributed by atoms with van der Waals surface area (Å²) in [4.78, 5) is 13.9. The van der Waals surface area contributed by atoms with E-state index in [2.05, 4.69) is 4.90 Å². The minimum atomic E-state index is -3.50. The largest absolute Gasteiger partial charge is 0.492 e. The van der Waals surface area contributed by atoms with Crippen molar-refractivity contribution in [3.63, 3.8) is 0 Å². The number of rotatable bonds is 10. The second kappa shape index (κ2) is 10.8. The maximum absolute atomic E-state index is 12.6. The molecule has 0 N–H and O–H groups in total. The number of carbonyl (C=O) groups is 1. The number of morpholine rings is 1. The van der Waals surface area contributed by atoms with Crippen LogP contribution in [-0.2, 0) is 24.3 Å². The zero-order valence-corrected chi connectivity index (χ0v) is 17.6. The van der Waals surface area contributed by atoms with Gasteiger partial charge < -0.3 is 14.2 Å². The molecule has 1 saturated heterocycles. The second-order valence-corrected chi connectivity index (χ2v) is 8.59. The summed E-state index contributed by atoms with van der Waals surface area (Å²) < 4.78 is 42.4. The molecule has 1 aliphatic rings. The number of esters is 1. The number of ether oxygens (including phenoxy) is 3. The van der Waals surface area contributed by atoms with E-state index in [1.54, 1.807) is 24.3 Å². The third kappa shape index (κ3) is 6.16. The number of nitrogens with zero attached hydrogens (tertiary/aromatic N) is 2. The Kier molecular flexibility index (Phi) is 8.68.